The molecule has 1 aromatic rings. The lowest BCUT2D eigenvalue weighted by molar-refractivity contribution is 0.0663. The van der Waals surface area contributed by atoms with Gasteiger partial charge in [0.2, 0.25) is 0 Å². The maximum atomic E-state index is 5.31. The van der Waals surface area contributed by atoms with Gasteiger partial charge in [-0.15, -0.1) is 0 Å². The Hall–Kier alpha value is -1.08. The highest BCUT2D eigenvalue weighted by Crippen LogP contribution is 2.14. The molecule has 0 radical (unpaired) electrons. The minimum atomic E-state index is -0.192. The van der Waals surface area contributed by atoms with E-state index in [9.17, 15) is 0 Å². The summed E-state index contributed by atoms with van der Waals surface area (Å²) in [6.07, 6.45) is 4.19. The van der Waals surface area contributed by atoms with E-state index in [2.05, 4.69) is 31.2 Å². The van der Waals surface area contributed by atoms with Gasteiger partial charge >= 0.3 is 0 Å². The van der Waals surface area contributed by atoms with E-state index in [1.165, 1.54) is 11.1 Å². The lowest BCUT2D eigenvalue weighted by Crippen LogP contribution is -2.18. The molecule has 1 heteroatoms. The summed E-state index contributed by atoms with van der Waals surface area (Å²) < 4.78 is 5.31. The molecule has 76 valence electrons. The first-order chi connectivity index (χ1) is 6.55. The summed E-state index contributed by atoms with van der Waals surface area (Å²) in [6.45, 7) is 6.20. The van der Waals surface area contributed by atoms with Crippen molar-refractivity contribution in [2.75, 3.05) is 7.11 Å². The minimum absolute atomic E-state index is 0.192. The Bertz CT molecular complexity index is 324. The van der Waals surface area contributed by atoms with Gasteiger partial charge in [-0.2, -0.15) is 0 Å². The molecular weight excluding hydrogens is 172 g/mol. The highest BCUT2D eigenvalue weighted by atomic mass is 16.5. The Morgan fingerprint density at radius 3 is 2.43 bits per heavy atom. The first kappa shape index (κ1) is 11.0. The van der Waals surface area contributed by atoms with Crippen molar-refractivity contribution in [1.29, 1.82) is 0 Å². The van der Waals surface area contributed by atoms with Crippen LogP contribution in [0, 0.1) is 6.92 Å². The van der Waals surface area contributed by atoms with E-state index < -0.39 is 0 Å². The topological polar surface area (TPSA) is 9.23 Å². The van der Waals surface area contributed by atoms with Crippen LogP contribution in [0.25, 0.3) is 6.08 Å². The molecule has 0 atom stereocenters. The fourth-order valence-electron chi connectivity index (χ4n) is 1.13. The molecule has 0 saturated heterocycles. The maximum absolute atomic E-state index is 5.31. The van der Waals surface area contributed by atoms with Crippen molar-refractivity contribution in [2.45, 2.75) is 26.4 Å². The van der Waals surface area contributed by atoms with Crippen molar-refractivity contribution < 1.29 is 4.74 Å². The number of methoxy groups -OCH3 is 1. The quantitative estimate of drug-likeness (QED) is 0.709. The second kappa shape index (κ2) is 4.43. The number of benzene rings is 1. The Morgan fingerprint density at radius 2 is 1.86 bits per heavy atom. The van der Waals surface area contributed by atoms with Gasteiger partial charge in [0.15, 0.2) is 0 Å². The van der Waals surface area contributed by atoms with Crippen molar-refractivity contribution >= 4 is 6.08 Å². The fourth-order valence-corrected chi connectivity index (χ4v) is 1.13. The third-order valence-corrected chi connectivity index (χ3v) is 2.38. The van der Waals surface area contributed by atoms with Crippen molar-refractivity contribution in [1.82, 2.24) is 0 Å². The lowest BCUT2D eigenvalue weighted by Gasteiger charge is -2.17. The largest absolute Gasteiger partial charge is 0.375 e. The molecule has 0 amide bonds. The van der Waals surface area contributed by atoms with Crippen LogP contribution in [-0.2, 0) is 4.74 Å². The molecule has 0 bridgehead atoms. The predicted octanol–water partition coefficient (Wildman–Crippen LogP) is 3.43. The number of hydrogen-bond acceptors (Lipinski definition) is 1. The first-order valence-electron chi connectivity index (χ1n) is 4.85. The Kier molecular flexibility index (Phi) is 3.48. The molecular formula is C13H18O. The second-order valence-corrected chi connectivity index (χ2v) is 4.00. The van der Waals surface area contributed by atoms with Crippen LogP contribution in [0.4, 0.5) is 0 Å². The number of rotatable bonds is 3. The van der Waals surface area contributed by atoms with E-state index in [-0.39, 0.29) is 5.60 Å². The summed E-state index contributed by atoms with van der Waals surface area (Å²) in [4.78, 5) is 0. The number of aryl methyl sites for hydroxylation is 1. The monoisotopic (exact) mass is 190 g/mol. The highest BCUT2D eigenvalue weighted by Gasteiger charge is 2.10. The Balaban J connectivity index is 2.84. The zero-order valence-electron chi connectivity index (χ0n) is 9.37. The van der Waals surface area contributed by atoms with Gasteiger partial charge < -0.3 is 4.74 Å². The molecule has 1 nitrogen and oxygen atoms in total. The summed E-state index contributed by atoms with van der Waals surface area (Å²) in [7, 11) is 1.72. The SMILES string of the molecule is COC(C)(C)/C=C\c1ccccc1C. The molecule has 0 aliphatic rings. The standard InChI is InChI=1S/C13H18O/c1-11-7-5-6-8-12(11)9-10-13(2,3)14-4/h5-10H,1-4H3/b10-9-. The van der Waals surface area contributed by atoms with Gasteiger partial charge in [0, 0.05) is 7.11 Å². The van der Waals surface area contributed by atoms with Crippen LogP contribution in [0.3, 0.4) is 0 Å². The average molecular weight is 190 g/mol. The van der Waals surface area contributed by atoms with Crippen LogP contribution in [0.1, 0.15) is 25.0 Å². The zero-order chi connectivity index (χ0) is 10.6. The summed E-state index contributed by atoms with van der Waals surface area (Å²) in [5.41, 5.74) is 2.34. The van der Waals surface area contributed by atoms with Gasteiger partial charge in [0.05, 0.1) is 5.60 Å². The Labute approximate surface area is 86.4 Å². The van der Waals surface area contributed by atoms with Gasteiger partial charge in [0.1, 0.15) is 0 Å². The van der Waals surface area contributed by atoms with Gasteiger partial charge in [-0.25, -0.2) is 0 Å². The zero-order valence-corrected chi connectivity index (χ0v) is 9.37. The minimum Gasteiger partial charge on any atom is -0.375 e. The molecule has 1 aromatic carbocycles. The molecule has 0 saturated carbocycles. The molecule has 1 rings (SSSR count). The molecule has 0 aliphatic carbocycles. The normalized spacial score (nSPS) is 12.3. The Morgan fingerprint density at radius 1 is 1.21 bits per heavy atom. The van der Waals surface area contributed by atoms with Crippen molar-refractivity contribution in [2.24, 2.45) is 0 Å². The molecule has 0 heterocycles. The molecule has 0 N–H and O–H groups in total. The average Bonchev–Trinajstić information content (AvgIpc) is 2.17. The van der Waals surface area contributed by atoms with Crippen LogP contribution in [0.5, 0.6) is 0 Å². The van der Waals surface area contributed by atoms with Crippen molar-refractivity contribution in [3.63, 3.8) is 0 Å². The van der Waals surface area contributed by atoms with Crippen molar-refractivity contribution in [3.8, 4) is 0 Å². The fraction of sp³-hybridized carbons (Fsp3) is 0.385. The maximum Gasteiger partial charge on any atom is 0.0805 e. The van der Waals surface area contributed by atoms with E-state index >= 15 is 0 Å². The van der Waals surface area contributed by atoms with Gasteiger partial charge in [-0.3, -0.25) is 0 Å². The van der Waals surface area contributed by atoms with Crippen LogP contribution < -0.4 is 0 Å². The molecule has 0 aliphatic heterocycles. The van der Waals surface area contributed by atoms with E-state index in [4.69, 9.17) is 4.74 Å². The van der Waals surface area contributed by atoms with Crippen LogP contribution in [0.2, 0.25) is 0 Å². The van der Waals surface area contributed by atoms with E-state index in [0.717, 1.165) is 0 Å². The summed E-state index contributed by atoms with van der Waals surface area (Å²) in [6, 6.07) is 8.32. The molecule has 0 unspecified atom stereocenters. The van der Waals surface area contributed by atoms with E-state index in [1.54, 1.807) is 7.11 Å². The van der Waals surface area contributed by atoms with E-state index in [0.29, 0.717) is 0 Å². The third kappa shape index (κ3) is 3.00. The third-order valence-electron chi connectivity index (χ3n) is 2.38. The predicted molar refractivity (Wildman–Crippen MR) is 61.3 cm³/mol. The highest BCUT2D eigenvalue weighted by molar-refractivity contribution is 5.54. The van der Waals surface area contributed by atoms with Crippen LogP contribution in [-0.4, -0.2) is 12.7 Å². The number of ether oxygens (including phenoxy) is 1. The van der Waals surface area contributed by atoms with Gasteiger partial charge in [-0.1, -0.05) is 36.4 Å². The first-order valence-corrected chi connectivity index (χ1v) is 4.85. The van der Waals surface area contributed by atoms with E-state index in [1.807, 2.05) is 26.0 Å². The molecule has 0 fully saturated rings. The number of hydrogen-bond donors (Lipinski definition) is 0. The smallest absolute Gasteiger partial charge is 0.0805 e. The lowest BCUT2D eigenvalue weighted by atomic mass is 10.0. The van der Waals surface area contributed by atoms with Gasteiger partial charge in [0.25, 0.3) is 0 Å². The van der Waals surface area contributed by atoms with Gasteiger partial charge in [-0.05, 0) is 31.9 Å². The van der Waals surface area contributed by atoms with Crippen LogP contribution in [0.15, 0.2) is 30.3 Å². The molecule has 0 spiro atoms. The summed E-state index contributed by atoms with van der Waals surface area (Å²) in [5.74, 6) is 0. The molecule has 14 heavy (non-hydrogen) atoms. The van der Waals surface area contributed by atoms with Crippen LogP contribution >= 0.6 is 0 Å². The molecule has 0 aromatic heterocycles. The van der Waals surface area contributed by atoms with Crippen molar-refractivity contribution in [3.05, 3.63) is 41.5 Å². The summed E-state index contributed by atoms with van der Waals surface area (Å²) >= 11 is 0. The summed E-state index contributed by atoms with van der Waals surface area (Å²) in [5, 5.41) is 0. The second-order valence-electron chi connectivity index (χ2n) is 4.00.